The predicted octanol–water partition coefficient (Wildman–Crippen LogP) is 3.65. The number of fused-ring (bicyclic) bond motifs is 1. The van der Waals surface area contributed by atoms with Crippen LogP contribution in [0.1, 0.15) is 49.2 Å². The van der Waals surface area contributed by atoms with Crippen LogP contribution in [0.4, 0.5) is 10.5 Å². The molecule has 3 aromatic heterocycles. The number of nitrogens with zero attached hydrogens (tertiary/aromatic N) is 6. The average Bonchev–Trinajstić information content (AvgIpc) is 3.50. The Morgan fingerprint density at radius 3 is 2.76 bits per heavy atom. The van der Waals surface area contributed by atoms with Crippen LogP contribution in [0.2, 0.25) is 0 Å². The number of rotatable bonds is 7. The highest BCUT2D eigenvalue weighted by molar-refractivity contribution is 6.10. The number of carbonyl (C=O) groups is 2. The Morgan fingerprint density at radius 2 is 2.14 bits per heavy atom. The number of hydrogen-bond acceptors (Lipinski definition) is 9. The van der Waals surface area contributed by atoms with Gasteiger partial charge in [0, 0.05) is 44.6 Å². The van der Waals surface area contributed by atoms with Crippen LogP contribution in [0, 0.1) is 11.3 Å². The van der Waals surface area contributed by atoms with Crippen molar-refractivity contribution in [3.05, 3.63) is 29.8 Å². The van der Waals surface area contributed by atoms with Gasteiger partial charge in [-0.2, -0.15) is 10.4 Å². The summed E-state index contributed by atoms with van der Waals surface area (Å²) in [4.78, 5) is 38.1. The van der Waals surface area contributed by atoms with Gasteiger partial charge in [0.1, 0.15) is 17.3 Å². The molecule has 1 saturated heterocycles. The molecule has 0 aromatic carbocycles. The minimum atomic E-state index is -0.629. The summed E-state index contributed by atoms with van der Waals surface area (Å²) in [6.45, 7) is 4.32. The third kappa shape index (κ3) is 5.00. The molecule has 3 aromatic rings. The molecule has 12 heteroatoms. The van der Waals surface area contributed by atoms with Gasteiger partial charge in [0.2, 0.25) is 5.76 Å². The number of hydroxylamine groups is 2. The minimum absolute atomic E-state index is 0.0567. The van der Waals surface area contributed by atoms with E-state index < -0.39 is 12.0 Å². The Bertz CT molecular complexity index is 1340. The molecular formula is C25H30N6O6. The van der Waals surface area contributed by atoms with Crippen molar-refractivity contribution in [2.45, 2.75) is 45.3 Å². The fourth-order valence-electron chi connectivity index (χ4n) is 4.45. The highest BCUT2D eigenvalue weighted by atomic mass is 16.7. The first-order chi connectivity index (χ1) is 17.8. The molecule has 0 unspecified atom stereocenters. The predicted molar refractivity (Wildman–Crippen MR) is 133 cm³/mol. The Kier molecular flexibility index (Phi) is 7.75. The summed E-state index contributed by atoms with van der Waals surface area (Å²) < 4.78 is 18.9. The molecule has 1 aliphatic rings. The molecular weight excluding hydrogens is 480 g/mol. The van der Waals surface area contributed by atoms with Crippen LogP contribution in [0.5, 0.6) is 0 Å². The molecule has 1 fully saturated rings. The fraction of sp³-hybridized carbons (Fsp3) is 0.480. The van der Waals surface area contributed by atoms with Crippen LogP contribution in [0.25, 0.3) is 22.4 Å². The van der Waals surface area contributed by atoms with Gasteiger partial charge in [-0.25, -0.2) is 14.8 Å². The number of ether oxygens (including phenoxy) is 2. The fourth-order valence-corrected chi connectivity index (χ4v) is 4.45. The number of amides is 2. The van der Waals surface area contributed by atoms with E-state index in [1.807, 2.05) is 6.92 Å². The van der Waals surface area contributed by atoms with Gasteiger partial charge in [0.15, 0.2) is 5.58 Å². The van der Waals surface area contributed by atoms with Crippen molar-refractivity contribution >= 4 is 28.8 Å². The van der Waals surface area contributed by atoms with E-state index in [-0.39, 0.29) is 46.9 Å². The molecule has 0 aliphatic carbocycles. The number of nitriles is 1. The molecule has 1 aliphatic heterocycles. The van der Waals surface area contributed by atoms with Crippen LogP contribution < -0.4 is 4.90 Å². The standard InChI is InChI=1S/C25H30N6O6/c1-6-18-11-17(8-9-36-18)31(25(33)35-7-2)22-21-19(37-23(22)24(32)30(4)34-5)10-15(12-26)20(28-21)16-13-27-29(3)14-16/h10,13-14,17-18H,6-9,11H2,1-5H3/t17-,18-/m0/s1. The molecule has 4 rings (SSSR count). The van der Waals surface area contributed by atoms with Gasteiger partial charge in [0.05, 0.1) is 37.3 Å². The van der Waals surface area contributed by atoms with Crippen LogP contribution in [0.3, 0.4) is 0 Å². The Labute approximate surface area is 214 Å². The normalized spacial score (nSPS) is 17.4. The van der Waals surface area contributed by atoms with Crippen LogP contribution in [0.15, 0.2) is 22.9 Å². The smallest absolute Gasteiger partial charge is 0.414 e. The van der Waals surface area contributed by atoms with Crippen LogP contribution >= 0.6 is 0 Å². The third-order valence-corrected chi connectivity index (χ3v) is 6.36. The van der Waals surface area contributed by atoms with E-state index >= 15 is 0 Å². The molecule has 196 valence electrons. The second kappa shape index (κ2) is 11.0. The first-order valence-electron chi connectivity index (χ1n) is 12.1. The summed E-state index contributed by atoms with van der Waals surface area (Å²) in [5.74, 6) is -0.767. The van der Waals surface area contributed by atoms with Crippen molar-refractivity contribution in [3.8, 4) is 17.3 Å². The molecule has 12 nitrogen and oxygen atoms in total. The molecule has 0 spiro atoms. The van der Waals surface area contributed by atoms with Gasteiger partial charge in [-0.15, -0.1) is 0 Å². The Hall–Kier alpha value is -3.95. The first-order valence-corrected chi connectivity index (χ1v) is 12.1. The van der Waals surface area contributed by atoms with Gasteiger partial charge < -0.3 is 13.9 Å². The molecule has 2 amide bonds. The number of carbonyl (C=O) groups excluding carboxylic acids is 2. The van der Waals surface area contributed by atoms with E-state index in [1.165, 1.54) is 25.1 Å². The third-order valence-electron chi connectivity index (χ3n) is 6.36. The zero-order valence-corrected chi connectivity index (χ0v) is 21.6. The highest BCUT2D eigenvalue weighted by Gasteiger charge is 2.39. The summed E-state index contributed by atoms with van der Waals surface area (Å²) >= 11 is 0. The summed E-state index contributed by atoms with van der Waals surface area (Å²) in [7, 11) is 4.54. The maximum Gasteiger partial charge on any atom is 0.414 e. The monoisotopic (exact) mass is 510 g/mol. The molecule has 0 radical (unpaired) electrons. The van der Waals surface area contributed by atoms with Crippen molar-refractivity contribution in [2.24, 2.45) is 7.05 Å². The number of furan rings is 1. The van der Waals surface area contributed by atoms with E-state index in [0.717, 1.165) is 11.5 Å². The Morgan fingerprint density at radius 1 is 1.35 bits per heavy atom. The lowest BCUT2D eigenvalue weighted by Gasteiger charge is -2.36. The van der Waals surface area contributed by atoms with Crippen LogP contribution in [-0.2, 0) is 21.4 Å². The van der Waals surface area contributed by atoms with Crippen molar-refractivity contribution < 1.29 is 28.3 Å². The SMILES string of the molecule is CCOC(=O)N(c1c(C(=O)N(C)OC)oc2cc(C#N)c(-c3cnn(C)c3)nc12)[C@H]1CCO[C@@H](CC)C1. The highest BCUT2D eigenvalue weighted by Crippen LogP contribution is 2.39. The van der Waals surface area contributed by atoms with Crippen LogP contribution in [-0.4, -0.2) is 71.3 Å². The zero-order chi connectivity index (χ0) is 26.7. The zero-order valence-electron chi connectivity index (χ0n) is 21.6. The van der Waals surface area contributed by atoms with Crippen molar-refractivity contribution in [1.82, 2.24) is 19.8 Å². The number of hydrogen-bond donors (Lipinski definition) is 0. The first kappa shape index (κ1) is 26.1. The van der Waals surface area contributed by atoms with E-state index in [4.69, 9.17) is 23.7 Å². The molecule has 4 heterocycles. The summed E-state index contributed by atoms with van der Waals surface area (Å²) in [5, 5.41) is 15.0. The van der Waals surface area contributed by atoms with E-state index in [0.29, 0.717) is 30.7 Å². The topological polar surface area (TPSA) is 136 Å². The van der Waals surface area contributed by atoms with Gasteiger partial charge in [-0.1, -0.05) is 6.92 Å². The summed E-state index contributed by atoms with van der Waals surface area (Å²) in [5.41, 5.74) is 1.79. The van der Waals surface area contributed by atoms with Gasteiger partial charge >= 0.3 is 12.0 Å². The molecule has 0 N–H and O–H groups in total. The quantitative estimate of drug-likeness (QED) is 0.436. The van der Waals surface area contributed by atoms with Gasteiger partial charge in [-0.05, 0) is 26.2 Å². The van der Waals surface area contributed by atoms with E-state index in [2.05, 4.69) is 11.2 Å². The average molecular weight is 511 g/mol. The van der Waals surface area contributed by atoms with Crippen molar-refractivity contribution in [1.29, 1.82) is 5.26 Å². The lowest BCUT2D eigenvalue weighted by Crippen LogP contribution is -2.47. The van der Waals surface area contributed by atoms with Crippen molar-refractivity contribution in [2.75, 3.05) is 32.3 Å². The number of aryl methyl sites for hydroxylation is 1. The number of anilines is 1. The van der Waals surface area contributed by atoms with E-state index in [9.17, 15) is 14.9 Å². The Balaban J connectivity index is 2.00. The lowest BCUT2D eigenvalue weighted by molar-refractivity contribution is -0.0772. The van der Waals surface area contributed by atoms with Gasteiger partial charge in [-0.3, -0.25) is 19.2 Å². The largest absolute Gasteiger partial charge is 0.449 e. The molecule has 37 heavy (non-hydrogen) atoms. The second-order valence-corrected chi connectivity index (χ2v) is 8.66. The second-order valence-electron chi connectivity index (χ2n) is 8.66. The van der Waals surface area contributed by atoms with Crippen molar-refractivity contribution in [3.63, 3.8) is 0 Å². The summed E-state index contributed by atoms with van der Waals surface area (Å²) in [6.07, 6.45) is 4.48. The summed E-state index contributed by atoms with van der Waals surface area (Å²) in [6, 6.07) is 3.31. The van der Waals surface area contributed by atoms with E-state index in [1.54, 1.807) is 31.0 Å². The van der Waals surface area contributed by atoms with Gasteiger partial charge in [0.25, 0.3) is 0 Å². The number of pyridine rings is 1. The lowest BCUT2D eigenvalue weighted by atomic mass is 9.99. The molecule has 0 bridgehead atoms. The molecule has 0 saturated carbocycles. The minimum Gasteiger partial charge on any atom is -0.449 e. The maximum absolute atomic E-state index is 13.4. The number of aromatic nitrogens is 3. The molecule has 2 atom stereocenters. The maximum atomic E-state index is 13.4.